The third-order valence-electron chi connectivity index (χ3n) is 4.77. The first kappa shape index (κ1) is 24.3. The molecule has 3 aromatic carbocycles. The highest BCUT2D eigenvalue weighted by Crippen LogP contribution is 2.45. The van der Waals surface area contributed by atoms with Gasteiger partial charge in [-0.05, 0) is 60.7 Å². The van der Waals surface area contributed by atoms with Crippen molar-refractivity contribution in [1.29, 1.82) is 0 Å². The molecule has 174 valence electrons. The van der Waals surface area contributed by atoms with Crippen molar-refractivity contribution in [2.75, 3.05) is 5.32 Å². The zero-order valence-electron chi connectivity index (χ0n) is 17.6. The quantitative estimate of drug-likeness (QED) is 0.303. The number of anilines is 1. The van der Waals surface area contributed by atoms with Crippen LogP contribution in [0.2, 0.25) is 0 Å². The van der Waals surface area contributed by atoms with Crippen LogP contribution in [-0.4, -0.2) is 37.0 Å². The Morgan fingerprint density at radius 1 is 0.909 bits per heavy atom. The number of aryl methyl sites for hydroxylation is 2. The van der Waals surface area contributed by atoms with Gasteiger partial charge in [0.1, 0.15) is 10.6 Å². The minimum absolute atomic E-state index is 0.181. The largest absolute Gasteiger partial charge is 0.505 e. The van der Waals surface area contributed by atoms with Crippen molar-refractivity contribution >= 4 is 54.0 Å². The fourth-order valence-electron chi connectivity index (χ4n) is 3.09. The Hall–Kier alpha value is -3.39. The number of carbonyl (C=O) groups excluding carboxylic acids is 1. The summed E-state index contributed by atoms with van der Waals surface area (Å²) in [5.41, 5.74) is 1.33. The molecule has 0 aromatic heterocycles. The second kappa shape index (κ2) is 8.51. The van der Waals surface area contributed by atoms with Crippen LogP contribution >= 0.6 is 0 Å². The number of carbonyl (C=O) groups is 1. The van der Waals surface area contributed by atoms with Crippen LogP contribution in [0.25, 0.3) is 10.8 Å². The number of fused-ring (bicyclic) bond motifs is 1. The molecule has 3 rings (SSSR count). The maximum absolute atomic E-state index is 12.0. The van der Waals surface area contributed by atoms with E-state index in [9.17, 15) is 35.8 Å². The Bertz CT molecular complexity index is 1550. The fourth-order valence-corrected chi connectivity index (χ4v) is 4.29. The molecule has 3 aromatic rings. The predicted molar refractivity (Wildman–Crippen MR) is 120 cm³/mol. The molecule has 13 heteroatoms. The molecule has 33 heavy (non-hydrogen) atoms. The molecule has 0 aliphatic heterocycles. The average Bonchev–Trinajstić information content (AvgIpc) is 2.67. The van der Waals surface area contributed by atoms with E-state index in [0.717, 1.165) is 36.2 Å². The van der Waals surface area contributed by atoms with Gasteiger partial charge in [0.2, 0.25) is 5.91 Å². The number of aromatic hydroxyl groups is 1. The lowest BCUT2D eigenvalue weighted by molar-refractivity contribution is -0.114. The monoisotopic (exact) mass is 493 g/mol. The van der Waals surface area contributed by atoms with Crippen molar-refractivity contribution in [3.05, 3.63) is 47.5 Å². The highest BCUT2D eigenvalue weighted by Gasteiger charge is 2.25. The third kappa shape index (κ3) is 5.17. The van der Waals surface area contributed by atoms with Crippen molar-refractivity contribution in [2.24, 2.45) is 10.2 Å². The summed E-state index contributed by atoms with van der Waals surface area (Å²) >= 11 is 0. The first-order chi connectivity index (χ1) is 15.2. The molecular weight excluding hydrogens is 474 g/mol. The van der Waals surface area contributed by atoms with Gasteiger partial charge in [-0.15, -0.1) is 5.11 Å². The Balaban J connectivity index is 2.39. The van der Waals surface area contributed by atoms with E-state index in [1.54, 1.807) is 18.2 Å². The molecule has 4 N–H and O–H groups in total. The van der Waals surface area contributed by atoms with Crippen LogP contribution in [0.4, 0.5) is 17.1 Å². The summed E-state index contributed by atoms with van der Waals surface area (Å²) < 4.78 is 66.4. The lowest BCUT2D eigenvalue weighted by atomic mass is 10.1. The number of nitrogens with one attached hydrogen (secondary N) is 1. The molecule has 0 bridgehead atoms. The number of nitrogens with zero attached hydrogens (tertiary/aromatic N) is 2. The second-order valence-corrected chi connectivity index (χ2v) is 10.1. The first-order valence-electron chi connectivity index (χ1n) is 9.24. The average molecular weight is 494 g/mol. The van der Waals surface area contributed by atoms with E-state index in [1.165, 1.54) is 0 Å². The Morgan fingerprint density at radius 2 is 1.58 bits per heavy atom. The van der Waals surface area contributed by atoms with Gasteiger partial charge in [-0.1, -0.05) is 6.07 Å². The minimum Gasteiger partial charge on any atom is -0.505 e. The smallest absolute Gasteiger partial charge is 0.296 e. The van der Waals surface area contributed by atoms with Crippen LogP contribution < -0.4 is 5.32 Å². The lowest BCUT2D eigenvalue weighted by Crippen LogP contribution is -2.08. The number of phenolic OH excluding ortho intramolecular Hbond substituents is 1. The zero-order chi connectivity index (χ0) is 24.7. The van der Waals surface area contributed by atoms with Gasteiger partial charge < -0.3 is 10.4 Å². The predicted octanol–water partition coefficient (Wildman–Crippen LogP) is 4.03. The van der Waals surface area contributed by atoms with Crippen LogP contribution in [-0.2, 0) is 25.0 Å². The van der Waals surface area contributed by atoms with Crippen LogP contribution in [0.3, 0.4) is 0 Å². The highest BCUT2D eigenvalue weighted by molar-refractivity contribution is 7.86. The van der Waals surface area contributed by atoms with Crippen molar-refractivity contribution in [2.45, 2.75) is 30.6 Å². The van der Waals surface area contributed by atoms with Crippen LogP contribution in [0.15, 0.2) is 56.4 Å². The number of phenols is 1. The maximum Gasteiger partial charge on any atom is 0.296 e. The van der Waals surface area contributed by atoms with Gasteiger partial charge in [-0.25, -0.2) is 0 Å². The summed E-state index contributed by atoms with van der Waals surface area (Å²) in [4.78, 5) is 10.1. The van der Waals surface area contributed by atoms with Crippen molar-refractivity contribution in [3.63, 3.8) is 0 Å². The van der Waals surface area contributed by atoms with Gasteiger partial charge in [-0.2, -0.15) is 21.9 Å². The number of hydrogen-bond donors (Lipinski definition) is 4. The standard InChI is InChI=1S/C20H19N3O8S2/c1-10-4-5-14(6-11(10)2)22-23-19-17(33(29,30)31)8-13-7-15(32(26,27)28)9-16(21-12(3)24)18(13)20(19)25/h4-9,25H,1-3H3,(H,21,24)(H,26,27,28)(H,29,30,31). The molecule has 0 aliphatic rings. The van der Waals surface area contributed by atoms with Gasteiger partial charge in [0.05, 0.1) is 16.3 Å². The van der Waals surface area contributed by atoms with E-state index in [2.05, 4.69) is 15.5 Å². The normalized spacial score (nSPS) is 12.4. The number of hydrogen-bond acceptors (Lipinski definition) is 8. The Morgan fingerprint density at radius 3 is 2.12 bits per heavy atom. The summed E-state index contributed by atoms with van der Waals surface area (Å²) in [6, 6.07) is 7.65. The molecule has 0 radical (unpaired) electrons. The SMILES string of the molecule is CC(=O)Nc1cc(S(=O)(=O)O)cc2cc(S(=O)(=O)O)c(N=Nc3ccc(C)c(C)c3)c(O)c12. The third-order valence-corrected chi connectivity index (χ3v) is 6.46. The van der Waals surface area contributed by atoms with E-state index in [-0.39, 0.29) is 16.5 Å². The van der Waals surface area contributed by atoms with Gasteiger partial charge >= 0.3 is 0 Å². The lowest BCUT2D eigenvalue weighted by Gasteiger charge is -2.14. The number of amides is 1. The van der Waals surface area contributed by atoms with Crippen molar-refractivity contribution in [1.82, 2.24) is 0 Å². The van der Waals surface area contributed by atoms with Crippen LogP contribution in [0.5, 0.6) is 5.75 Å². The molecular formula is C20H19N3O8S2. The summed E-state index contributed by atoms with van der Waals surface area (Å²) in [7, 11) is -9.73. The second-order valence-electron chi connectivity index (χ2n) is 7.24. The number of rotatable bonds is 5. The Kier molecular flexibility index (Phi) is 6.26. The minimum atomic E-state index is -4.96. The summed E-state index contributed by atoms with van der Waals surface area (Å²) in [5.74, 6) is -1.43. The van der Waals surface area contributed by atoms with Gasteiger partial charge in [-0.3, -0.25) is 13.9 Å². The molecule has 0 atom stereocenters. The number of benzene rings is 3. The van der Waals surface area contributed by atoms with Crippen LogP contribution in [0.1, 0.15) is 18.1 Å². The van der Waals surface area contributed by atoms with E-state index >= 15 is 0 Å². The van der Waals surface area contributed by atoms with Gasteiger partial charge in [0.25, 0.3) is 20.2 Å². The molecule has 1 amide bonds. The van der Waals surface area contributed by atoms with Crippen molar-refractivity contribution < 1.29 is 35.8 Å². The molecule has 11 nitrogen and oxygen atoms in total. The van der Waals surface area contributed by atoms with E-state index < -0.39 is 47.4 Å². The maximum atomic E-state index is 12.0. The molecule has 0 saturated carbocycles. The summed E-state index contributed by atoms with van der Waals surface area (Å²) in [5, 5.41) is 20.5. The molecule has 0 saturated heterocycles. The van der Waals surface area contributed by atoms with E-state index in [4.69, 9.17) is 0 Å². The van der Waals surface area contributed by atoms with E-state index in [0.29, 0.717) is 5.69 Å². The summed E-state index contributed by atoms with van der Waals surface area (Å²) in [6.07, 6.45) is 0. The fraction of sp³-hybridized carbons (Fsp3) is 0.150. The van der Waals surface area contributed by atoms with Gasteiger partial charge in [0, 0.05) is 12.3 Å². The van der Waals surface area contributed by atoms with Crippen molar-refractivity contribution in [3.8, 4) is 5.75 Å². The zero-order valence-corrected chi connectivity index (χ0v) is 19.2. The molecule has 0 spiro atoms. The first-order valence-corrected chi connectivity index (χ1v) is 12.1. The molecule has 0 unspecified atom stereocenters. The highest BCUT2D eigenvalue weighted by atomic mass is 32.2. The van der Waals surface area contributed by atoms with Crippen LogP contribution in [0, 0.1) is 13.8 Å². The molecule has 0 aliphatic carbocycles. The number of azo groups is 1. The van der Waals surface area contributed by atoms with E-state index in [1.807, 2.05) is 13.8 Å². The van der Waals surface area contributed by atoms with Gasteiger partial charge in [0.15, 0.2) is 5.75 Å². The Labute approximate surface area is 189 Å². The molecule has 0 heterocycles. The topological polar surface area (TPSA) is 183 Å². The molecule has 0 fully saturated rings. The summed E-state index contributed by atoms with van der Waals surface area (Å²) in [6.45, 7) is 4.83.